The third-order valence-electron chi connectivity index (χ3n) is 2.97. The maximum atomic E-state index is 13.3. The molecule has 0 aromatic rings. The summed E-state index contributed by atoms with van der Waals surface area (Å²) < 4.78 is 146. The lowest BCUT2D eigenvalue weighted by molar-refractivity contribution is -0.0452. The van der Waals surface area contributed by atoms with E-state index in [0.717, 1.165) is 0 Å². The Bertz CT molecular complexity index is 466. The van der Waals surface area contributed by atoms with Gasteiger partial charge in [0.25, 0.3) is 10.1 Å². The van der Waals surface area contributed by atoms with Gasteiger partial charge in [-0.15, -0.1) is 0 Å². The van der Waals surface area contributed by atoms with Gasteiger partial charge in [0.1, 0.15) is 11.9 Å². The van der Waals surface area contributed by atoms with Crippen molar-refractivity contribution in [3.8, 4) is 0 Å². The van der Waals surface area contributed by atoms with Gasteiger partial charge in [-0.05, 0) is 0 Å². The summed E-state index contributed by atoms with van der Waals surface area (Å²) in [5.41, 5.74) is 0. The van der Waals surface area contributed by atoms with E-state index in [0.29, 0.717) is 0 Å². The van der Waals surface area contributed by atoms with Gasteiger partial charge < -0.3 is 0 Å². The van der Waals surface area contributed by atoms with Gasteiger partial charge in [-0.1, -0.05) is 0 Å². The van der Waals surface area contributed by atoms with Crippen LogP contribution in [0.5, 0.6) is 0 Å². The third-order valence-corrected chi connectivity index (χ3v) is 3.71. The molecule has 0 amide bonds. The fourth-order valence-electron chi connectivity index (χ4n) is 1.66. The summed E-state index contributed by atoms with van der Waals surface area (Å²) in [6.07, 6.45) is -29.3. The van der Waals surface area contributed by atoms with Crippen LogP contribution in [0.2, 0.25) is 0 Å². The topological polar surface area (TPSA) is 54.4 Å². The van der Waals surface area contributed by atoms with Crippen LogP contribution in [-0.4, -0.2) is 74.8 Å². The van der Waals surface area contributed by atoms with Crippen molar-refractivity contribution in [2.75, 3.05) is 12.4 Å². The summed E-state index contributed by atoms with van der Waals surface area (Å²) >= 11 is 0. The van der Waals surface area contributed by atoms with Crippen molar-refractivity contribution in [2.24, 2.45) is 0 Å². The van der Waals surface area contributed by atoms with Crippen LogP contribution in [0.3, 0.4) is 0 Å². The molecule has 8 unspecified atom stereocenters. The Morgan fingerprint density at radius 3 is 1.33 bits per heavy atom. The summed E-state index contributed by atoms with van der Waals surface area (Å²) in [5.74, 6) is -1.98. The predicted octanol–water partition coefficient (Wildman–Crippen LogP) is 2.94. The molecule has 24 heavy (non-hydrogen) atoms. The van der Waals surface area contributed by atoms with Crippen LogP contribution in [0, 0.1) is 0 Å². The first kappa shape index (κ1) is 23.3. The minimum Gasteiger partial charge on any atom is -0.285 e. The van der Waals surface area contributed by atoms with Crippen molar-refractivity contribution in [3.63, 3.8) is 0 Å². The van der Waals surface area contributed by atoms with Crippen LogP contribution < -0.4 is 0 Å². The maximum Gasteiger partial charge on any atom is 0.267 e. The zero-order valence-electron chi connectivity index (χ0n) is 11.8. The molecule has 13 heteroatoms. The van der Waals surface area contributed by atoms with E-state index in [-0.39, 0.29) is 0 Å². The van der Waals surface area contributed by atoms with Crippen molar-refractivity contribution >= 4 is 10.1 Å². The quantitative estimate of drug-likeness (QED) is 0.430. The average Bonchev–Trinajstić information content (AvgIpc) is 2.48. The van der Waals surface area contributed by atoms with Crippen molar-refractivity contribution in [1.29, 1.82) is 0 Å². The first-order chi connectivity index (χ1) is 10.8. The van der Waals surface area contributed by atoms with Gasteiger partial charge in [0, 0.05) is 6.42 Å². The summed E-state index contributed by atoms with van der Waals surface area (Å²) in [6, 6.07) is 0. The number of hydrogen-bond acceptors (Lipinski definition) is 2. The Morgan fingerprint density at radius 2 is 1.00 bits per heavy atom. The normalized spacial score (nSPS) is 22.9. The van der Waals surface area contributed by atoms with Gasteiger partial charge in [-0.2, -0.15) is 8.42 Å². The van der Waals surface area contributed by atoms with E-state index in [9.17, 15) is 47.9 Å². The second kappa shape index (κ2) is 9.68. The smallest absolute Gasteiger partial charge is 0.267 e. The van der Waals surface area contributed by atoms with Crippen molar-refractivity contribution < 1.29 is 52.5 Å². The van der Waals surface area contributed by atoms with Gasteiger partial charge in [0.2, 0.25) is 0 Å². The summed E-state index contributed by atoms with van der Waals surface area (Å²) in [7, 11) is -5.11. The fraction of sp³-hybridized carbons (Fsp3) is 1.00. The molecule has 0 aliphatic carbocycles. The van der Waals surface area contributed by atoms with Crippen LogP contribution in [0.4, 0.5) is 39.5 Å². The summed E-state index contributed by atoms with van der Waals surface area (Å²) in [6.45, 7) is -1.44. The Kier molecular flexibility index (Phi) is 9.39. The van der Waals surface area contributed by atoms with Crippen LogP contribution in [-0.2, 0) is 10.1 Å². The number of hydrogen-bond donors (Lipinski definition) is 1. The molecular formula is C11H15F9O3S. The van der Waals surface area contributed by atoms with Gasteiger partial charge >= 0.3 is 0 Å². The SMILES string of the molecule is O=S(=O)(O)CC(F)C(F)C(F)C(F)C(F)C(F)C(F)C(F)CCF. The van der Waals surface area contributed by atoms with E-state index in [4.69, 9.17) is 4.55 Å². The van der Waals surface area contributed by atoms with Crippen molar-refractivity contribution in [1.82, 2.24) is 0 Å². The molecular weight excluding hydrogens is 383 g/mol. The van der Waals surface area contributed by atoms with E-state index in [1.165, 1.54) is 0 Å². The first-order valence-electron chi connectivity index (χ1n) is 6.47. The molecule has 0 rings (SSSR count). The van der Waals surface area contributed by atoms with Crippen molar-refractivity contribution in [2.45, 2.75) is 55.8 Å². The molecule has 0 radical (unpaired) electrons. The number of halogens is 9. The van der Waals surface area contributed by atoms with E-state index in [2.05, 4.69) is 0 Å². The minimum atomic E-state index is -5.11. The predicted molar refractivity (Wildman–Crippen MR) is 66.2 cm³/mol. The average molecular weight is 398 g/mol. The van der Waals surface area contributed by atoms with Gasteiger partial charge in [0.15, 0.2) is 43.2 Å². The van der Waals surface area contributed by atoms with E-state index in [1.54, 1.807) is 0 Å². The van der Waals surface area contributed by atoms with Gasteiger partial charge in [-0.3, -0.25) is 8.94 Å². The molecule has 0 aromatic heterocycles. The lowest BCUT2D eigenvalue weighted by Crippen LogP contribution is -2.47. The molecule has 0 saturated carbocycles. The Hall–Kier alpha value is -0.720. The molecule has 0 spiro atoms. The summed E-state index contributed by atoms with van der Waals surface area (Å²) in [4.78, 5) is 0. The highest BCUT2D eigenvalue weighted by atomic mass is 32.2. The highest BCUT2D eigenvalue weighted by Crippen LogP contribution is 2.28. The van der Waals surface area contributed by atoms with Crippen LogP contribution >= 0.6 is 0 Å². The maximum absolute atomic E-state index is 13.3. The lowest BCUT2D eigenvalue weighted by Gasteiger charge is -2.26. The number of alkyl halides is 9. The molecule has 3 nitrogen and oxygen atoms in total. The van der Waals surface area contributed by atoms with Crippen LogP contribution in [0.1, 0.15) is 6.42 Å². The monoisotopic (exact) mass is 398 g/mol. The second-order valence-electron chi connectivity index (χ2n) is 4.92. The minimum absolute atomic E-state index is 1.18. The first-order valence-corrected chi connectivity index (χ1v) is 8.08. The zero-order chi connectivity index (χ0) is 19.2. The van der Waals surface area contributed by atoms with E-state index >= 15 is 0 Å². The second-order valence-corrected chi connectivity index (χ2v) is 6.42. The molecule has 0 bridgehead atoms. The van der Waals surface area contributed by atoms with Gasteiger partial charge in [-0.25, -0.2) is 35.1 Å². The Labute approximate surface area is 132 Å². The fourth-order valence-corrected chi connectivity index (χ4v) is 2.24. The molecule has 0 heterocycles. The number of rotatable bonds is 11. The molecule has 0 aromatic carbocycles. The molecule has 0 saturated heterocycles. The van der Waals surface area contributed by atoms with Crippen LogP contribution in [0.15, 0.2) is 0 Å². The molecule has 0 aliphatic rings. The van der Waals surface area contributed by atoms with E-state index < -0.39 is 78.3 Å². The summed E-state index contributed by atoms with van der Waals surface area (Å²) in [5, 5.41) is 0. The Balaban J connectivity index is 4.88. The zero-order valence-corrected chi connectivity index (χ0v) is 12.6. The standard InChI is InChI=1S/C11H15F9O3S/c12-2-1-4(13)6(15)8(17)10(19)11(20)9(18)7(16)5(14)3-24(21,22)23/h4-11H,1-3H2,(H,21,22,23). The molecule has 1 N–H and O–H groups in total. The largest absolute Gasteiger partial charge is 0.285 e. The van der Waals surface area contributed by atoms with Gasteiger partial charge in [0.05, 0.1) is 6.67 Å². The third kappa shape index (κ3) is 7.03. The van der Waals surface area contributed by atoms with Crippen molar-refractivity contribution in [3.05, 3.63) is 0 Å². The molecule has 0 fully saturated rings. The van der Waals surface area contributed by atoms with E-state index in [1.807, 2.05) is 0 Å². The molecule has 0 aliphatic heterocycles. The lowest BCUT2D eigenvalue weighted by atomic mass is 9.97. The molecule has 146 valence electrons. The highest BCUT2D eigenvalue weighted by molar-refractivity contribution is 7.85. The van der Waals surface area contributed by atoms with Crippen LogP contribution in [0.25, 0.3) is 0 Å². The Morgan fingerprint density at radius 1 is 0.667 bits per heavy atom. The molecule has 8 atom stereocenters. The highest BCUT2D eigenvalue weighted by Gasteiger charge is 2.47.